The third-order valence-electron chi connectivity index (χ3n) is 5.80. The number of rotatable bonds is 4. The number of hydrogen-bond donors (Lipinski definition) is 1. The Morgan fingerprint density at radius 3 is 2.75 bits per heavy atom. The number of hydrogen-bond acceptors (Lipinski definition) is 3. The molecule has 1 aliphatic carbocycles. The Labute approximate surface area is 124 Å². The van der Waals surface area contributed by atoms with Crippen LogP contribution in [0, 0.1) is 11.8 Å². The monoisotopic (exact) mass is 280 g/mol. The van der Waals surface area contributed by atoms with Crippen molar-refractivity contribution in [3.63, 3.8) is 0 Å². The van der Waals surface area contributed by atoms with Gasteiger partial charge >= 0.3 is 0 Å². The average Bonchev–Trinajstić information content (AvgIpc) is 3.01. The zero-order valence-corrected chi connectivity index (χ0v) is 13.2. The van der Waals surface area contributed by atoms with Gasteiger partial charge in [-0.15, -0.1) is 0 Å². The molecule has 0 aromatic heterocycles. The second kappa shape index (κ2) is 7.24. The topological polar surface area (TPSA) is 24.5 Å². The van der Waals surface area contributed by atoms with Crippen molar-refractivity contribution in [2.45, 2.75) is 64.0 Å². The molecule has 116 valence electrons. The number of nitrogens with one attached hydrogen (secondary N) is 1. The summed E-state index contributed by atoms with van der Waals surface area (Å²) in [5.74, 6) is 1.76. The largest absolute Gasteiger partial charge is 0.381 e. The highest BCUT2D eigenvalue weighted by atomic mass is 16.5. The van der Waals surface area contributed by atoms with Crippen molar-refractivity contribution in [3.05, 3.63) is 0 Å². The number of ether oxygens (including phenoxy) is 1. The van der Waals surface area contributed by atoms with Crippen LogP contribution in [-0.4, -0.2) is 49.8 Å². The van der Waals surface area contributed by atoms with Crippen LogP contribution in [0.25, 0.3) is 0 Å². The van der Waals surface area contributed by atoms with E-state index in [1.54, 1.807) is 0 Å². The van der Waals surface area contributed by atoms with Gasteiger partial charge in [-0.1, -0.05) is 19.3 Å². The fourth-order valence-corrected chi connectivity index (χ4v) is 4.27. The molecule has 3 aliphatic rings. The number of nitrogens with zero attached hydrogens (tertiary/aromatic N) is 1. The highest BCUT2D eigenvalue weighted by Crippen LogP contribution is 2.28. The van der Waals surface area contributed by atoms with Crippen LogP contribution in [0.2, 0.25) is 0 Å². The summed E-state index contributed by atoms with van der Waals surface area (Å²) in [6, 6.07) is 1.46. The Morgan fingerprint density at radius 1 is 1.15 bits per heavy atom. The van der Waals surface area contributed by atoms with Gasteiger partial charge in [-0.3, -0.25) is 4.90 Å². The van der Waals surface area contributed by atoms with E-state index >= 15 is 0 Å². The third-order valence-corrected chi connectivity index (χ3v) is 5.80. The van der Waals surface area contributed by atoms with Gasteiger partial charge in [0.1, 0.15) is 0 Å². The van der Waals surface area contributed by atoms with Gasteiger partial charge < -0.3 is 10.1 Å². The van der Waals surface area contributed by atoms with E-state index < -0.39 is 0 Å². The fourth-order valence-electron chi connectivity index (χ4n) is 4.27. The Balaban J connectivity index is 1.47. The fraction of sp³-hybridized carbons (Fsp3) is 1.00. The predicted molar refractivity (Wildman–Crippen MR) is 82.9 cm³/mol. The molecule has 1 saturated carbocycles. The SMILES string of the molecule is CC1CNC(C2CCCCC2)CN1CCC1CCOC1. The lowest BCUT2D eigenvalue weighted by Gasteiger charge is -2.43. The van der Waals surface area contributed by atoms with Crippen molar-refractivity contribution >= 4 is 0 Å². The van der Waals surface area contributed by atoms with E-state index in [4.69, 9.17) is 4.74 Å². The first kappa shape index (κ1) is 14.8. The normalized spacial score (nSPS) is 37.4. The first-order chi connectivity index (χ1) is 9.83. The lowest BCUT2D eigenvalue weighted by molar-refractivity contribution is 0.0967. The molecule has 0 aromatic carbocycles. The Bertz CT molecular complexity index is 285. The molecule has 3 rings (SSSR count). The van der Waals surface area contributed by atoms with Crippen molar-refractivity contribution in [2.75, 3.05) is 32.8 Å². The van der Waals surface area contributed by atoms with Crippen molar-refractivity contribution in [1.82, 2.24) is 10.2 Å². The van der Waals surface area contributed by atoms with Gasteiger partial charge in [0.15, 0.2) is 0 Å². The second-order valence-electron chi connectivity index (χ2n) is 7.28. The molecular weight excluding hydrogens is 248 g/mol. The molecule has 2 heterocycles. The molecule has 2 saturated heterocycles. The summed E-state index contributed by atoms with van der Waals surface area (Å²) in [6.45, 7) is 8.12. The van der Waals surface area contributed by atoms with Gasteiger partial charge in [-0.25, -0.2) is 0 Å². The molecule has 3 unspecified atom stereocenters. The minimum absolute atomic E-state index is 0.706. The van der Waals surface area contributed by atoms with Gasteiger partial charge in [0.05, 0.1) is 0 Å². The zero-order valence-electron chi connectivity index (χ0n) is 13.2. The minimum Gasteiger partial charge on any atom is -0.381 e. The third kappa shape index (κ3) is 3.75. The van der Waals surface area contributed by atoms with Crippen molar-refractivity contribution in [2.24, 2.45) is 11.8 Å². The Morgan fingerprint density at radius 2 is 2.00 bits per heavy atom. The molecule has 3 atom stereocenters. The van der Waals surface area contributed by atoms with Crippen LogP contribution in [0.15, 0.2) is 0 Å². The number of piperazine rings is 1. The van der Waals surface area contributed by atoms with Gasteiger partial charge in [0, 0.05) is 38.4 Å². The lowest BCUT2D eigenvalue weighted by Crippen LogP contribution is -2.58. The molecule has 0 radical (unpaired) electrons. The summed E-state index contributed by atoms with van der Waals surface area (Å²) in [4.78, 5) is 2.74. The molecule has 3 heteroatoms. The smallest absolute Gasteiger partial charge is 0.0495 e. The lowest BCUT2D eigenvalue weighted by atomic mass is 9.82. The molecule has 0 bridgehead atoms. The molecule has 0 aromatic rings. The highest BCUT2D eigenvalue weighted by Gasteiger charge is 2.31. The summed E-state index contributed by atoms with van der Waals surface area (Å²) in [7, 11) is 0. The van der Waals surface area contributed by atoms with Gasteiger partial charge in [0.25, 0.3) is 0 Å². The van der Waals surface area contributed by atoms with E-state index in [0.717, 1.165) is 31.1 Å². The van der Waals surface area contributed by atoms with Crippen LogP contribution >= 0.6 is 0 Å². The van der Waals surface area contributed by atoms with Crippen molar-refractivity contribution < 1.29 is 4.74 Å². The Hall–Kier alpha value is -0.120. The summed E-state index contributed by atoms with van der Waals surface area (Å²) < 4.78 is 5.51. The molecule has 3 fully saturated rings. The molecule has 1 N–H and O–H groups in total. The minimum atomic E-state index is 0.706. The molecule has 2 aliphatic heterocycles. The van der Waals surface area contributed by atoms with Crippen LogP contribution < -0.4 is 5.32 Å². The molecule has 0 amide bonds. The van der Waals surface area contributed by atoms with E-state index in [9.17, 15) is 0 Å². The zero-order chi connectivity index (χ0) is 13.8. The Kier molecular flexibility index (Phi) is 5.36. The van der Waals surface area contributed by atoms with E-state index in [1.807, 2.05) is 0 Å². The molecule has 20 heavy (non-hydrogen) atoms. The molecule has 0 spiro atoms. The van der Waals surface area contributed by atoms with E-state index in [1.165, 1.54) is 64.6 Å². The summed E-state index contributed by atoms with van der Waals surface area (Å²) in [5.41, 5.74) is 0. The van der Waals surface area contributed by atoms with Gasteiger partial charge in [0.2, 0.25) is 0 Å². The predicted octanol–water partition coefficient (Wildman–Crippen LogP) is 2.66. The molecular formula is C17H32N2O. The molecule has 3 nitrogen and oxygen atoms in total. The van der Waals surface area contributed by atoms with Crippen molar-refractivity contribution in [1.29, 1.82) is 0 Å². The van der Waals surface area contributed by atoms with Crippen LogP contribution in [0.4, 0.5) is 0 Å². The quantitative estimate of drug-likeness (QED) is 0.857. The van der Waals surface area contributed by atoms with Crippen LogP contribution in [-0.2, 0) is 4.74 Å². The van der Waals surface area contributed by atoms with Crippen LogP contribution in [0.1, 0.15) is 51.9 Å². The van der Waals surface area contributed by atoms with Crippen LogP contribution in [0.5, 0.6) is 0 Å². The van der Waals surface area contributed by atoms with E-state index in [2.05, 4.69) is 17.1 Å². The van der Waals surface area contributed by atoms with Crippen LogP contribution in [0.3, 0.4) is 0 Å². The van der Waals surface area contributed by atoms with Crippen molar-refractivity contribution in [3.8, 4) is 0 Å². The first-order valence-corrected chi connectivity index (χ1v) is 8.88. The summed E-state index contributed by atoms with van der Waals surface area (Å²) in [5, 5.41) is 3.83. The standard InChI is InChI=1S/C17H32N2O/c1-14-11-18-17(16-5-3-2-4-6-16)12-19(14)9-7-15-8-10-20-13-15/h14-18H,2-13H2,1H3. The van der Waals surface area contributed by atoms with Gasteiger partial charge in [-0.2, -0.15) is 0 Å². The first-order valence-electron chi connectivity index (χ1n) is 8.88. The van der Waals surface area contributed by atoms with E-state index in [-0.39, 0.29) is 0 Å². The second-order valence-corrected chi connectivity index (χ2v) is 7.28. The average molecular weight is 280 g/mol. The van der Waals surface area contributed by atoms with Gasteiger partial charge in [-0.05, 0) is 51.0 Å². The maximum absolute atomic E-state index is 5.51. The summed E-state index contributed by atoms with van der Waals surface area (Å²) >= 11 is 0. The highest BCUT2D eigenvalue weighted by molar-refractivity contribution is 4.89. The van der Waals surface area contributed by atoms with E-state index in [0.29, 0.717) is 6.04 Å². The summed E-state index contributed by atoms with van der Waals surface area (Å²) in [6.07, 6.45) is 9.90. The maximum atomic E-state index is 5.51. The maximum Gasteiger partial charge on any atom is 0.0495 e.